The number of rotatable bonds is 4. The summed E-state index contributed by atoms with van der Waals surface area (Å²) in [6.45, 7) is 2.81. The van der Waals surface area contributed by atoms with Crippen molar-refractivity contribution in [1.82, 2.24) is 0 Å². The fourth-order valence-corrected chi connectivity index (χ4v) is 2.25. The van der Waals surface area contributed by atoms with Crippen LogP contribution in [0.3, 0.4) is 0 Å². The second-order valence-corrected chi connectivity index (χ2v) is 4.56. The zero-order valence-electron chi connectivity index (χ0n) is 10.1. The van der Waals surface area contributed by atoms with Gasteiger partial charge in [-0.25, -0.2) is 0 Å². The molecule has 2 rings (SSSR count). The maximum Gasteiger partial charge on any atom is 0.306 e. The number of carboxylic acid groups (broad SMARTS) is 1. The number of aliphatic carboxylic acids is 1. The van der Waals surface area contributed by atoms with E-state index in [1.807, 2.05) is 12.1 Å². The van der Waals surface area contributed by atoms with Gasteiger partial charge in [-0.15, -0.1) is 0 Å². The number of carbonyl (C=O) groups is 1. The van der Waals surface area contributed by atoms with Gasteiger partial charge in [-0.1, -0.05) is 13.0 Å². The van der Waals surface area contributed by atoms with Crippen LogP contribution in [0.2, 0.25) is 0 Å². The van der Waals surface area contributed by atoms with Crippen molar-refractivity contribution in [2.45, 2.75) is 32.6 Å². The number of ether oxygens (including phenoxy) is 1. The van der Waals surface area contributed by atoms with Crippen molar-refractivity contribution in [3.8, 4) is 5.75 Å². The van der Waals surface area contributed by atoms with E-state index in [4.69, 9.17) is 9.84 Å². The average molecular weight is 234 g/mol. The Morgan fingerprint density at radius 1 is 1.47 bits per heavy atom. The molecule has 17 heavy (non-hydrogen) atoms. The molecule has 0 saturated carbocycles. The molecule has 0 bridgehead atoms. The summed E-state index contributed by atoms with van der Waals surface area (Å²) in [7, 11) is 0. The lowest BCUT2D eigenvalue weighted by atomic mass is 9.84. The minimum absolute atomic E-state index is 0.218. The van der Waals surface area contributed by atoms with E-state index in [2.05, 4.69) is 13.0 Å². The van der Waals surface area contributed by atoms with Crippen LogP contribution >= 0.6 is 0 Å². The van der Waals surface area contributed by atoms with Crippen molar-refractivity contribution in [2.75, 3.05) is 6.61 Å². The van der Waals surface area contributed by atoms with Gasteiger partial charge in [0, 0.05) is 0 Å². The van der Waals surface area contributed by atoms with E-state index >= 15 is 0 Å². The zero-order chi connectivity index (χ0) is 12.3. The third-order valence-electron chi connectivity index (χ3n) is 3.23. The van der Waals surface area contributed by atoms with Gasteiger partial charge in [-0.05, 0) is 48.9 Å². The van der Waals surface area contributed by atoms with Crippen LogP contribution in [0.25, 0.3) is 0 Å². The van der Waals surface area contributed by atoms with Gasteiger partial charge in [0.15, 0.2) is 0 Å². The highest BCUT2D eigenvalue weighted by Crippen LogP contribution is 2.28. The topological polar surface area (TPSA) is 46.5 Å². The molecular formula is C14H18O3. The Hall–Kier alpha value is -1.51. The van der Waals surface area contributed by atoms with Crippen molar-refractivity contribution in [3.05, 3.63) is 29.3 Å². The molecule has 1 atom stereocenters. The number of fused-ring (bicyclic) bond motifs is 1. The molecule has 1 aliphatic rings. The molecule has 92 valence electrons. The smallest absolute Gasteiger partial charge is 0.306 e. The van der Waals surface area contributed by atoms with Crippen molar-refractivity contribution in [2.24, 2.45) is 5.92 Å². The van der Waals surface area contributed by atoms with Gasteiger partial charge in [0.25, 0.3) is 0 Å². The minimum atomic E-state index is -0.679. The summed E-state index contributed by atoms with van der Waals surface area (Å²) in [5.74, 6) is 0.00578. The van der Waals surface area contributed by atoms with E-state index in [0.717, 1.165) is 37.2 Å². The molecule has 1 unspecified atom stereocenters. The van der Waals surface area contributed by atoms with E-state index in [1.54, 1.807) is 0 Å². The number of aryl methyl sites for hydroxylation is 1. The second-order valence-electron chi connectivity index (χ2n) is 4.56. The van der Waals surface area contributed by atoms with Gasteiger partial charge in [0.1, 0.15) is 5.75 Å². The van der Waals surface area contributed by atoms with Crippen LogP contribution in [0.5, 0.6) is 5.75 Å². The Morgan fingerprint density at radius 3 is 3.00 bits per heavy atom. The molecular weight excluding hydrogens is 216 g/mol. The zero-order valence-corrected chi connectivity index (χ0v) is 10.1. The highest BCUT2D eigenvalue weighted by atomic mass is 16.5. The van der Waals surface area contributed by atoms with Gasteiger partial charge in [0.05, 0.1) is 12.5 Å². The first kappa shape index (κ1) is 12.0. The summed E-state index contributed by atoms with van der Waals surface area (Å²) in [5.41, 5.74) is 2.41. The van der Waals surface area contributed by atoms with E-state index in [1.165, 1.54) is 5.56 Å². The molecule has 0 aromatic heterocycles. The Labute approximate surface area is 101 Å². The third-order valence-corrected chi connectivity index (χ3v) is 3.23. The van der Waals surface area contributed by atoms with Gasteiger partial charge in [0.2, 0.25) is 0 Å². The summed E-state index contributed by atoms with van der Waals surface area (Å²) in [6.07, 6.45) is 3.23. The molecule has 0 fully saturated rings. The van der Waals surface area contributed by atoms with Crippen LogP contribution in [0.1, 0.15) is 30.9 Å². The molecule has 1 aliphatic carbocycles. The van der Waals surface area contributed by atoms with Crippen LogP contribution in [-0.2, 0) is 17.6 Å². The Kier molecular flexibility index (Phi) is 3.67. The average Bonchev–Trinajstić information content (AvgIpc) is 2.35. The maximum atomic E-state index is 10.9. The molecule has 0 saturated heterocycles. The SMILES string of the molecule is CCCOc1ccc2c(c1)CCC(C(=O)O)C2. The molecule has 1 aromatic carbocycles. The summed E-state index contributed by atoms with van der Waals surface area (Å²) in [4.78, 5) is 10.9. The lowest BCUT2D eigenvalue weighted by Gasteiger charge is -2.22. The number of hydrogen-bond donors (Lipinski definition) is 1. The second kappa shape index (κ2) is 5.21. The van der Waals surface area contributed by atoms with Gasteiger partial charge >= 0.3 is 5.97 Å². The van der Waals surface area contributed by atoms with E-state index in [-0.39, 0.29) is 5.92 Å². The quantitative estimate of drug-likeness (QED) is 0.871. The van der Waals surface area contributed by atoms with Crippen molar-refractivity contribution >= 4 is 5.97 Å². The highest BCUT2D eigenvalue weighted by molar-refractivity contribution is 5.71. The van der Waals surface area contributed by atoms with E-state index in [0.29, 0.717) is 6.42 Å². The standard InChI is InChI=1S/C14H18O3/c1-2-7-17-13-6-5-10-8-12(14(15)16)4-3-11(10)9-13/h5-6,9,12H,2-4,7-8H2,1H3,(H,15,16). The predicted molar refractivity (Wildman–Crippen MR) is 65.4 cm³/mol. The summed E-state index contributed by atoms with van der Waals surface area (Å²) in [5, 5.41) is 9.01. The summed E-state index contributed by atoms with van der Waals surface area (Å²) >= 11 is 0. The molecule has 0 heterocycles. The van der Waals surface area contributed by atoms with Crippen LogP contribution in [0.15, 0.2) is 18.2 Å². The Balaban J connectivity index is 2.11. The fraction of sp³-hybridized carbons (Fsp3) is 0.500. The number of benzene rings is 1. The maximum absolute atomic E-state index is 10.9. The van der Waals surface area contributed by atoms with E-state index in [9.17, 15) is 4.79 Å². The molecule has 0 radical (unpaired) electrons. The highest BCUT2D eigenvalue weighted by Gasteiger charge is 2.24. The van der Waals surface area contributed by atoms with Crippen LogP contribution < -0.4 is 4.74 Å². The van der Waals surface area contributed by atoms with Gasteiger partial charge in [-0.3, -0.25) is 4.79 Å². The summed E-state index contributed by atoms with van der Waals surface area (Å²) in [6, 6.07) is 6.01. The first-order valence-corrected chi connectivity index (χ1v) is 6.18. The minimum Gasteiger partial charge on any atom is -0.494 e. The molecule has 1 N–H and O–H groups in total. The molecule has 0 aliphatic heterocycles. The van der Waals surface area contributed by atoms with Crippen molar-refractivity contribution in [3.63, 3.8) is 0 Å². The molecule has 1 aromatic rings. The number of hydrogen-bond acceptors (Lipinski definition) is 2. The Bertz CT molecular complexity index is 412. The lowest BCUT2D eigenvalue weighted by Crippen LogP contribution is -2.22. The Morgan fingerprint density at radius 2 is 2.29 bits per heavy atom. The third kappa shape index (κ3) is 2.78. The molecule has 0 spiro atoms. The molecule has 3 nitrogen and oxygen atoms in total. The van der Waals surface area contributed by atoms with Crippen LogP contribution in [0, 0.1) is 5.92 Å². The normalized spacial score (nSPS) is 18.5. The predicted octanol–water partition coefficient (Wildman–Crippen LogP) is 2.66. The van der Waals surface area contributed by atoms with Crippen molar-refractivity contribution < 1.29 is 14.6 Å². The molecule has 3 heteroatoms. The number of carboxylic acids is 1. The summed E-state index contributed by atoms with van der Waals surface area (Å²) < 4.78 is 5.58. The van der Waals surface area contributed by atoms with Crippen LogP contribution in [-0.4, -0.2) is 17.7 Å². The first-order valence-electron chi connectivity index (χ1n) is 6.18. The molecule has 0 amide bonds. The van der Waals surface area contributed by atoms with Crippen LogP contribution in [0.4, 0.5) is 0 Å². The van der Waals surface area contributed by atoms with E-state index < -0.39 is 5.97 Å². The van der Waals surface area contributed by atoms with Crippen molar-refractivity contribution in [1.29, 1.82) is 0 Å². The van der Waals surface area contributed by atoms with Gasteiger partial charge < -0.3 is 9.84 Å². The first-order chi connectivity index (χ1) is 8.20. The lowest BCUT2D eigenvalue weighted by molar-refractivity contribution is -0.142. The van der Waals surface area contributed by atoms with Gasteiger partial charge in [-0.2, -0.15) is 0 Å². The fourth-order valence-electron chi connectivity index (χ4n) is 2.25. The largest absolute Gasteiger partial charge is 0.494 e. The monoisotopic (exact) mass is 234 g/mol.